The molecular formula is C20H26N2O3. The van der Waals surface area contributed by atoms with Crippen LogP contribution < -0.4 is 5.32 Å². The second-order valence-corrected chi connectivity index (χ2v) is 6.78. The molecule has 1 aromatic rings. The van der Waals surface area contributed by atoms with Gasteiger partial charge in [0.05, 0.1) is 5.57 Å². The fourth-order valence-electron chi connectivity index (χ4n) is 3.84. The van der Waals surface area contributed by atoms with E-state index >= 15 is 0 Å². The number of ether oxygens (including phenoxy) is 1. The van der Waals surface area contributed by atoms with E-state index in [4.69, 9.17) is 4.74 Å². The Morgan fingerprint density at radius 3 is 2.56 bits per heavy atom. The predicted octanol–water partition coefficient (Wildman–Crippen LogP) is 2.92. The molecule has 25 heavy (non-hydrogen) atoms. The van der Waals surface area contributed by atoms with Crippen LogP contribution in [0, 0.1) is 0 Å². The van der Waals surface area contributed by atoms with Crippen LogP contribution in [-0.2, 0) is 20.7 Å². The van der Waals surface area contributed by atoms with Crippen LogP contribution >= 0.6 is 0 Å². The zero-order valence-corrected chi connectivity index (χ0v) is 15.2. The maximum atomic E-state index is 13.0. The lowest BCUT2D eigenvalue weighted by atomic mass is 9.82. The van der Waals surface area contributed by atoms with E-state index in [1.807, 2.05) is 24.3 Å². The smallest absolute Gasteiger partial charge is 0.335 e. The van der Waals surface area contributed by atoms with Gasteiger partial charge in [-0.2, -0.15) is 0 Å². The van der Waals surface area contributed by atoms with E-state index in [1.165, 1.54) is 0 Å². The molecule has 1 N–H and O–H groups in total. The molecule has 134 valence electrons. The Hall–Kier alpha value is -2.14. The van der Waals surface area contributed by atoms with Gasteiger partial charge in [0.25, 0.3) is 5.91 Å². The fourth-order valence-corrected chi connectivity index (χ4v) is 3.84. The first-order valence-corrected chi connectivity index (χ1v) is 9.07. The number of rotatable bonds is 4. The number of carbonyl (C=O) groups excluding carboxylic acids is 2. The number of esters is 1. The monoisotopic (exact) mass is 342 g/mol. The van der Waals surface area contributed by atoms with Gasteiger partial charge in [-0.25, -0.2) is 4.79 Å². The number of amides is 1. The molecule has 0 aliphatic carbocycles. The maximum Gasteiger partial charge on any atom is 0.335 e. The normalized spacial score (nSPS) is 20.0. The molecule has 1 amide bonds. The second-order valence-electron chi connectivity index (χ2n) is 6.78. The number of hydrogen-bond donors (Lipinski definition) is 1. The third kappa shape index (κ3) is 3.21. The predicted molar refractivity (Wildman–Crippen MR) is 97.3 cm³/mol. The zero-order valence-electron chi connectivity index (χ0n) is 15.2. The van der Waals surface area contributed by atoms with E-state index in [0.717, 1.165) is 37.3 Å². The molecule has 0 saturated carbocycles. The van der Waals surface area contributed by atoms with Crippen LogP contribution in [0.2, 0.25) is 0 Å². The molecular weight excluding hydrogens is 316 g/mol. The van der Waals surface area contributed by atoms with Gasteiger partial charge < -0.3 is 15.0 Å². The van der Waals surface area contributed by atoms with Crippen LogP contribution in [-0.4, -0.2) is 42.0 Å². The molecule has 0 aromatic heterocycles. The summed E-state index contributed by atoms with van der Waals surface area (Å²) in [5.74, 6) is -0.576. The molecule has 5 heteroatoms. The minimum Gasteiger partial charge on any atom is -0.450 e. The van der Waals surface area contributed by atoms with E-state index < -0.39 is 5.60 Å². The van der Waals surface area contributed by atoms with Crippen LogP contribution in [0.4, 0.5) is 5.69 Å². The van der Waals surface area contributed by atoms with Crippen LogP contribution in [0.3, 0.4) is 0 Å². The number of carbonyl (C=O) groups is 2. The van der Waals surface area contributed by atoms with Crippen LogP contribution in [0.1, 0.15) is 39.2 Å². The number of hydrogen-bond acceptors (Lipinski definition) is 4. The Balaban J connectivity index is 1.87. The first kappa shape index (κ1) is 17.7. The molecule has 2 heterocycles. The summed E-state index contributed by atoms with van der Waals surface area (Å²) in [7, 11) is 0. The highest BCUT2D eigenvalue weighted by Gasteiger charge is 2.50. The quantitative estimate of drug-likeness (QED) is 0.855. The maximum absolute atomic E-state index is 13.0. The zero-order chi connectivity index (χ0) is 18.0. The standard InChI is InChI=1S/C20H26N2O3/c1-4-15-8-6-7-9-16(15)21-18(23)17-14(3)19(24)25-20(17)10-12-22(5-2)13-11-20/h6-9H,4-5,10-13H2,1-3H3,(H,21,23). The van der Waals surface area contributed by atoms with Crippen LogP contribution in [0.15, 0.2) is 35.4 Å². The summed E-state index contributed by atoms with van der Waals surface area (Å²) in [4.78, 5) is 27.6. The van der Waals surface area contributed by atoms with Gasteiger partial charge in [-0.3, -0.25) is 4.79 Å². The van der Waals surface area contributed by atoms with Gasteiger partial charge in [0.1, 0.15) is 5.60 Å². The Morgan fingerprint density at radius 2 is 1.92 bits per heavy atom. The lowest BCUT2D eigenvalue weighted by Crippen LogP contribution is -2.47. The number of piperidine rings is 1. The van der Waals surface area contributed by atoms with Crippen molar-refractivity contribution in [3.63, 3.8) is 0 Å². The van der Waals surface area contributed by atoms with Gasteiger partial charge in [-0.05, 0) is 31.5 Å². The van der Waals surface area contributed by atoms with Crippen molar-refractivity contribution in [2.45, 2.75) is 45.6 Å². The first-order chi connectivity index (χ1) is 12.0. The van der Waals surface area contributed by atoms with Crippen LogP contribution in [0.25, 0.3) is 0 Å². The molecule has 2 aliphatic rings. The van der Waals surface area contributed by atoms with Crippen molar-refractivity contribution in [1.29, 1.82) is 0 Å². The summed E-state index contributed by atoms with van der Waals surface area (Å²) >= 11 is 0. The number of anilines is 1. The summed E-state index contributed by atoms with van der Waals surface area (Å²) in [5.41, 5.74) is 2.07. The van der Waals surface area contributed by atoms with Gasteiger partial charge in [-0.15, -0.1) is 0 Å². The van der Waals surface area contributed by atoms with Crippen molar-refractivity contribution >= 4 is 17.6 Å². The summed E-state index contributed by atoms with van der Waals surface area (Å²) in [6.45, 7) is 8.51. The molecule has 1 fully saturated rings. The number of para-hydroxylation sites is 1. The SMILES string of the molecule is CCc1ccccc1NC(=O)C1=C(C)C(=O)OC12CCN(CC)CC2. The Kier molecular flexibility index (Phi) is 4.95. The van der Waals surface area contributed by atoms with Crippen molar-refractivity contribution in [3.8, 4) is 0 Å². The van der Waals surface area contributed by atoms with Crippen molar-refractivity contribution in [1.82, 2.24) is 4.90 Å². The minimum atomic E-state index is -0.766. The highest BCUT2D eigenvalue weighted by Crippen LogP contribution is 2.41. The summed E-state index contributed by atoms with van der Waals surface area (Å²) in [5, 5.41) is 3.01. The second kappa shape index (κ2) is 7.00. The molecule has 5 nitrogen and oxygen atoms in total. The van der Waals surface area contributed by atoms with E-state index in [-0.39, 0.29) is 11.9 Å². The number of aryl methyl sites for hydroxylation is 1. The molecule has 0 unspecified atom stereocenters. The molecule has 1 spiro atoms. The molecule has 0 atom stereocenters. The lowest BCUT2D eigenvalue weighted by Gasteiger charge is -2.39. The highest BCUT2D eigenvalue weighted by molar-refractivity contribution is 6.12. The molecule has 1 saturated heterocycles. The van der Waals surface area contributed by atoms with Crippen molar-refractivity contribution in [3.05, 3.63) is 41.0 Å². The lowest BCUT2D eigenvalue weighted by molar-refractivity contribution is -0.150. The van der Waals surface area contributed by atoms with Crippen molar-refractivity contribution in [2.75, 3.05) is 25.0 Å². The van der Waals surface area contributed by atoms with E-state index in [9.17, 15) is 9.59 Å². The molecule has 3 rings (SSSR count). The van der Waals surface area contributed by atoms with Gasteiger partial charge in [0.15, 0.2) is 0 Å². The number of nitrogens with zero attached hydrogens (tertiary/aromatic N) is 1. The minimum absolute atomic E-state index is 0.214. The average Bonchev–Trinajstić information content (AvgIpc) is 2.86. The van der Waals surface area contributed by atoms with Crippen molar-refractivity contribution < 1.29 is 14.3 Å². The third-order valence-electron chi connectivity index (χ3n) is 5.41. The summed E-state index contributed by atoms with van der Waals surface area (Å²) < 4.78 is 5.72. The van der Waals surface area contributed by atoms with Crippen molar-refractivity contribution in [2.24, 2.45) is 0 Å². The number of likely N-dealkylation sites (tertiary alicyclic amines) is 1. The average molecular weight is 342 g/mol. The van der Waals surface area contributed by atoms with E-state index in [2.05, 4.69) is 24.1 Å². The fraction of sp³-hybridized carbons (Fsp3) is 0.500. The Morgan fingerprint density at radius 1 is 1.24 bits per heavy atom. The number of benzene rings is 1. The van der Waals surface area contributed by atoms with Gasteiger partial charge in [0.2, 0.25) is 0 Å². The summed E-state index contributed by atoms with van der Waals surface area (Å²) in [6, 6.07) is 7.77. The largest absolute Gasteiger partial charge is 0.450 e. The van der Waals surface area contributed by atoms with E-state index in [0.29, 0.717) is 24.0 Å². The Labute approximate surface area is 149 Å². The number of nitrogens with one attached hydrogen (secondary N) is 1. The molecule has 2 aliphatic heterocycles. The topological polar surface area (TPSA) is 58.6 Å². The third-order valence-corrected chi connectivity index (χ3v) is 5.41. The molecule has 0 bridgehead atoms. The molecule has 0 radical (unpaired) electrons. The van der Waals surface area contributed by atoms with Gasteiger partial charge in [-0.1, -0.05) is 32.0 Å². The van der Waals surface area contributed by atoms with Gasteiger partial charge in [0, 0.05) is 37.2 Å². The van der Waals surface area contributed by atoms with E-state index in [1.54, 1.807) is 6.92 Å². The highest BCUT2D eigenvalue weighted by atomic mass is 16.6. The molecule has 1 aromatic carbocycles. The Bertz CT molecular complexity index is 715. The summed E-state index contributed by atoms with van der Waals surface area (Å²) in [6.07, 6.45) is 2.17. The first-order valence-electron chi connectivity index (χ1n) is 9.07. The van der Waals surface area contributed by atoms with Gasteiger partial charge >= 0.3 is 5.97 Å². The van der Waals surface area contributed by atoms with Crippen LogP contribution in [0.5, 0.6) is 0 Å².